The Balaban J connectivity index is 1.58. The van der Waals surface area contributed by atoms with Crippen LogP contribution in [0.3, 0.4) is 0 Å². The van der Waals surface area contributed by atoms with E-state index in [1.54, 1.807) is 0 Å². The van der Waals surface area contributed by atoms with E-state index in [9.17, 15) is 5.02 Å². The summed E-state index contributed by atoms with van der Waals surface area (Å²) in [5.74, 6) is 0. The Morgan fingerprint density at radius 3 is 1.42 bits per heavy atom. The van der Waals surface area contributed by atoms with Gasteiger partial charge in [0.25, 0.3) is 0 Å². The van der Waals surface area contributed by atoms with Gasteiger partial charge in [0.2, 0.25) is 0 Å². The maximum Gasteiger partial charge on any atom is 0.326 e. The van der Waals surface area contributed by atoms with Crippen LogP contribution in [0.5, 0.6) is 0 Å². The van der Waals surface area contributed by atoms with E-state index >= 15 is 0 Å². The van der Waals surface area contributed by atoms with E-state index in [2.05, 4.69) is 103 Å². The molecule has 5 aromatic carbocycles. The fourth-order valence-corrected chi connectivity index (χ4v) is 6.04. The third-order valence-electron chi connectivity index (χ3n) is 7.39. The van der Waals surface area contributed by atoms with Crippen LogP contribution in [0.15, 0.2) is 115 Å². The second kappa shape index (κ2) is 6.81. The van der Waals surface area contributed by atoms with E-state index < -0.39 is 0 Å². The van der Waals surface area contributed by atoms with Crippen molar-refractivity contribution in [3.05, 3.63) is 138 Å². The van der Waals surface area contributed by atoms with Gasteiger partial charge in [0.05, 0.1) is 5.41 Å². The van der Waals surface area contributed by atoms with Gasteiger partial charge >= 0.3 is 7.48 Å². The van der Waals surface area contributed by atoms with Crippen LogP contribution in [0.25, 0.3) is 33.4 Å². The zero-order chi connectivity index (χ0) is 22.0. The molecule has 5 aromatic rings. The molecule has 2 aliphatic carbocycles. The largest absolute Gasteiger partial charge is 0.450 e. The number of hydrogen-bond acceptors (Lipinski definition) is 1. The van der Waals surface area contributed by atoms with Gasteiger partial charge in [0.1, 0.15) is 0 Å². The third kappa shape index (κ3) is 2.36. The Hall–Kier alpha value is -3.88. The van der Waals surface area contributed by atoms with Gasteiger partial charge in [0.15, 0.2) is 0 Å². The van der Waals surface area contributed by atoms with Gasteiger partial charge < -0.3 is 5.02 Å². The molecule has 153 valence electrons. The summed E-state index contributed by atoms with van der Waals surface area (Å²) in [6, 6.07) is 41.6. The van der Waals surface area contributed by atoms with Crippen LogP contribution in [0.4, 0.5) is 0 Å². The topological polar surface area (TPSA) is 20.2 Å². The molecule has 2 aliphatic rings. The molecular formula is C31H20BO. The summed E-state index contributed by atoms with van der Waals surface area (Å²) in [5.41, 5.74) is 13.5. The Morgan fingerprint density at radius 2 is 0.909 bits per heavy atom. The average molecular weight is 419 g/mol. The van der Waals surface area contributed by atoms with Crippen LogP contribution in [-0.2, 0) is 5.41 Å². The minimum atomic E-state index is -0.312. The summed E-state index contributed by atoms with van der Waals surface area (Å²) < 4.78 is 0. The summed E-state index contributed by atoms with van der Waals surface area (Å²) in [6.07, 6.45) is 0. The molecule has 1 nitrogen and oxygen atoms in total. The first-order valence-corrected chi connectivity index (χ1v) is 11.3. The van der Waals surface area contributed by atoms with E-state index in [1.807, 2.05) is 12.1 Å². The first-order chi connectivity index (χ1) is 16.3. The fraction of sp³-hybridized carbons (Fsp3) is 0.0323. The van der Waals surface area contributed by atoms with Crippen LogP contribution in [0.2, 0.25) is 0 Å². The maximum absolute atomic E-state index is 9.33. The number of hydrogen-bond donors (Lipinski definition) is 1. The summed E-state index contributed by atoms with van der Waals surface area (Å²) >= 11 is 0. The highest BCUT2D eigenvalue weighted by Crippen LogP contribution is 2.62. The SMILES string of the molecule is O[B]c1ccc(-c2ccc3c(c2)C2(c4ccccc4-c4ccccc42)c2ccccc2-3)cc1. The average Bonchev–Trinajstić information content (AvgIpc) is 3.36. The van der Waals surface area contributed by atoms with E-state index in [4.69, 9.17) is 0 Å². The summed E-state index contributed by atoms with van der Waals surface area (Å²) in [7, 11) is 1.14. The highest BCUT2D eigenvalue weighted by atomic mass is 16.2. The first-order valence-electron chi connectivity index (χ1n) is 11.3. The zero-order valence-electron chi connectivity index (χ0n) is 18.0. The molecule has 0 bridgehead atoms. The molecule has 33 heavy (non-hydrogen) atoms. The first kappa shape index (κ1) is 18.7. The summed E-state index contributed by atoms with van der Waals surface area (Å²) in [6.45, 7) is 0. The standard InChI is InChI=1S/C31H20BO/c33-32-22-16-13-20(14-17-22)21-15-18-26-25-9-3-6-12-29(25)31(30(26)19-21)27-10-4-1-7-23(27)24-8-2-5-11-28(24)31/h1-19,33H. The van der Waals surface area contributed by atoms with Gasteiger partial charge in [-0.25, -0.2) is 0 Å². The molecule has 0 aromatic heterocycles. The highest BCUT2D eigenvalue weighted by molar-refractivity contribution is 6.45. The second-order valence-corrected chi connectivity index (χ2v) is 8.90. The summed E-state index contributed by atoms with van der Waals surface area (Å²) in [5, 5.41) is 9.33. The van der Waals surface area contributed by atoms with Gasteiger partial charge in [-0.3, -0.25) is 0 Å². The van der Waals surface area contributed by atoms with Crippen molar-refractivity contribution in [1.82, 2.24) is 0 Å². The molecule has 0 heterocycles. The Morgan fingerprint density at radius 1 is 0.455 bits per heavy atom. The molecule has 1 spiro atoms. The lowest BCUT2D eigenvalue weighted by molar-refractivity contribution is 0.615. The van der Waals surface area contributed by atoms with E-state index in [0.29, 0.717) is 0 Å². The molecule has 0 unspecified atom stereocenters. The highest BCUT2D eigenvalue weighted by Gasteiger charge is 2.51. The van der Waals surface area contributed by atoms with E-state index in [1.165, 1.54) is 50.1 Å². The molecular weight excluding hydrogens is 399 g/mol. The Labute approximate surface area is 194 Å². The van der Waals surface area contributed by atoms with Gasteiger partial charge in [-0.15, -0.1) is 0 Å². The van der Waals surface area contributed by atoms with Crippen molar-refractivity contribution < 1.29 is 5.02 Å². The Bertz CT molecular complexity index is 1480. The monoisotopic (exact) mass is 419 g/mol. The normalized spacial score (nSPS) is 13.8. The van der Waals surface area contributed by atoms with Crippen molar-refractivity contribution in [3.63, 3.8) is 0 Å². The van der Waals surface area contributed by atoms with Gasteiger partial charge in [-0.05, 0) is 61.7 Å². The quantitative estimate of drug-likeness (QED) is 0.344. The summed E-state index contributed by atoms with van der Waals surface area (Å²) in [4.78, 5) is 0. The van der Waals surface area contributed by atoms with Crippen molar-refractivity contribution in [1.29, 1.82) is 0 Å². The minimum Gasteiger partial charge on any atom is -0.450 e. The molecule has 0 saturated carbocycles. The van der Waals surface area contributed by atoms with Crippen molar-refractivity contribution in [2.45, 2.75) is 5.41 Å². The molecule has 1 N–H and O–H groups in total. The van der Waals surface area contributed by atoms with Gasteiger partial charge in [0, 0.05) is 0 Å². The van der Waals surface area contributed by atoms with Crippen LogP contribution in [0, 0.1) is 0 Å². The lowest BCUT2D eigenvalue weighted by Crippen LogP contribution is -2.25. The second-order valence-electron chi connectivity index (χ2n) is 8.90. The van der Waals surface area contributed by atoms with Crippen molar-refractivity contribution >= 4 is 12.9 Å². The maximum atomic E-state index is 9.33. The number of fused-ring (bicyclic) bond motifs is 10. The van der Waals surface area contributed by atoms with Crippen molar-refractivity contribution in [2.75, 3.05) is 0 Å². The van der Waals surface area contributed by atoms with E-state index in [-0.39, 0.29) is 5.41 Å². The minimum absolute atomic E-state index is 0.312. The van der Waals surface area contributed by atoms with Crippen molar-refractivity contribution in [3.8, 4) is 33.4 Å². The predicted octanol–water partition coefficient (Wildman–Crippen LogP) is 5.93. The zero-order valence-corrected chi connectivity index (χ0v) is 18.0. The number of rotatable bonds is 2. The smallest absolute Gasteiger partial charge is 0.326 e. The van der Waals surface area contributed by atoms with Crippen LogP contribution in [-0.4, -0.2) is 12.5 Å². The molecule has 2 heteroatoms. The molecule has 7 rings (SSSR count). The molecule has 0 atom stereocenters. The van der Waals surface area contributed by atoms with Crippen LogP contribution >= 0.6 is 0 Å². The van der Waals surface area contributed by atoms with Crippen molar-refractivity contribution in [2.24, 2.45) is 0 Å². The third-order valence-corrected chi connectivity index (χ3v) is 7.39. The molecule has 1 radical (unpaired) electrons. The molecule has 0 amide bonds. The Kier molecular flexibility index (Phi) is 3.85. The van der Waals surface area contributed by atoms with Crippen LogP contribution < -0.4 is 5.46 Å². The number of benzene rings is 5. The fourth-order valence-electron chi connectivity index (χ4n) is 6.04. The molecule has 0 fully saturated rings. The molecule has 0 saturated heterocycles. The van der Waals surface area contributed by atoms with E-state index in [0.717, 1.165) is 18.5 Å². The lowest BCUT2D eigenvalue weighted by atomic mass is 9.70. The predicted molar refractivity (Wildman–Crippen MR) is 136 cm³/mol. The lowest BCUT2D eigenvalue weighted by Gasteiger charge is -2.30. The molecule has 0 aliphatic heterocycles. The van der Waals surface area contributed by atoms with Gasteiger partial charge in [-0.1, -0.05) is 115 Å². The van der Waals surface area contributed by atoms with Gasteiger partial charge in [-0.2, -0.15) is 0 Å². The van der Waals surface area contributed by atoms with Crippen LogP contribution in [0.1, 0.15) is 22.3 Å².